The molecule has 116 valence electrons. The third kappa shape index (κ3) is 4.38. The minimum Gasteiger partial charge on any atom is -0.308 e. The van der Waals surface area contributed by atoms with E-state index in [9.17, 15) is 18.0 Å². The Bertz CT molecular complexity index is 707. The predicted octanol–water partition coefficient (Wildman–Crippen LogP) is 5.77. The number of benzene rings is 2. The van der Waals surface area contributed by atoms with Gasteiger partial charge in [-0.15, -0.1) is 0 Å². The van der Waals surface area contributed by atoms with Crippen LogP contribution in [0.4, 0.5) is 29.3 Å². The lowest BCUT2D eigenvalue weighted by atomic mass is 10.2. The molecule has 0 saturated carbocycles. The number of alkyl halides is 3. The lowest BCUT2D eigenvalue weighted by Gasteiger charge is -2.12. The molecule has 2 aromatic carbocycles. The molecule has 3 nitrogen and oxygen atoms in total. The quantitative estimate of drug-likeness (QED) is 0.668. The van der Waals surface area contributed by atoms with E-state index >= 15 is 0 Å². The fourth-order valence-corrected chi connectivity index (χ4v) is 2.34. The topological polar surface area (TPSA) is 41.1 Å². The third-order valence-corrected chi connectivity index (χ3v) is 3.54. The van der Waals surface area contributed by atoms with Gasteiger partial charge in [-0.3, -0.25) is 0 Å². The molecular formula is C14H9BrClF3N2O. The van der Waals surface area contributed by atoms with Gasteiger partial charge in [-0.05, 0) is 36.4 Å². The first-order valence-corrected chi connectivity index (χ1v) is 7.13. The van der Waals surface area contributed by atoms with Crippen LogP contribution in [0.25, 0.3) is 0 Å². The van der Waals surface area contributed by atoms with Gasteiger partial charge in [0.2, 0.25) is 0 Å². The highest BCUT2D eigenvalue weighted by atomic mass is 79.9. The molecule has 0 heterocycles. The molecule has 8 heteroatoms. The number of rotatable bonds is 2. The number of carbonyl (C=O) groups excluding carboxylic acids is 1. The first-order valence-electron chi connectivity index (χ1n) is 5.96. The molecule has 0 aliphatic carbocycles. The van der Waals surface area contributed by atoms with E-state index < -0.39 is 17.8 Å². The van der Waals surface area contributed by atoms with Gasteiger partial charge in [0.1, 0.15) is 0 Å². The summed E-state index contributed by atoms with van der Waals surface area (Å²) in [7, 11) is 0. The van der Waals surface area contributed by atoms with E-state index in [-0.39, 0.29) is 10.2 Å². The second-order valence-corrected chi connectivity index (χ2v) is 5.57. The molecule has 0 fully saturated rings. The van der Waals surface area contributed by atoms with Crippen LogP contribution in [-0.4, -0.2) is 6.03 Å². The Kier molecular flexibility index (Phi) is 4.97. The van der Waals surface area contributed by atoms with Crippen LogP contribution in [0.2, 0.25) is 5.02 Å². The molecule has 0 atom stereocenters. The van der Waals surface area contributed by atoms with Crippen molar-refractivity contribution in [2.75, 3.05) is 10.6 Å². The zero-order valence-electron chi connectivity index (χ0n) is 10.8. The minimum absolute atomic E-state index is 0.0232. The molecule has 0 radical (unpaired) electrons. The van der Waals surface area contributed by atoms with E-state index in [4.69, 9.17) is 11.6 Å². The largest absolute Gasteiger partial charge is 0.417 e. The average Bonchev–Trinajstić information content (AvgIpc) is 2.39. The van der Waals surface area contributed by atoms with E-state index in [1.165, 1.54) is 18.2 Å². The van der Waals surface area contributed by atoms with Crippen molar-refractivity contribution in [2.45, 2.75) is 6.18 Å². The summed E-state index contributed by atoms with van der Waals surface area (Å²) in [6.07, 6.45) is -4.51. The fourth-order valence-electron chi connectivity index (χ4n) is 1.68. The SMILES string of the molecule is O=C(Nc1cccc(Cl)c1)Nc1ccc(Br)c(C(F)(F)F)c1. The van der Waals surface area contributed by atoms with Gasteiger partial charge in [0.15, 0.2) is 0 Å². The summed E-state index contributed by atoms with van der Waals surface area (Å²) in [6, 6.07) is 9.15. The maximum Gasteiger partial charge on any atom is 0.417 e. The van der Waals surface area contributed by atoms with Crippen LogP contribution in [0.1, 0.15) is 5.56 Å². The summed E-state index contributed by atoms with van der Waals surface area (Å²) in [4.78, 5) is 11.8. The maximum absolute atomic E-state index is 12.8. The smallest absolute Gasteiger partial charge is 0.308 e. The van der Waals surface area contributed by atoms with Gasteiger partial charge in [0, 0.05) is 20.9 Å². The number of halogens is 5. The Labute approximate surface area is 137 Å². The van der Waals surface area contributed by atoms with Crippen LogP contribution in [-0.2, 0) is 6.18 Å². The standard InChI is InChI=1S/C14H9BrClF3N2O/c15-12-5-4-10(7-11(12)14(17,18)19)21-13(22)20-9-3-1-2-8(16)6-9/h1-7H,(H2,20,21,22). The zero-order chi connectivity index (χ0) is 16.3. The van der Waals surface area contributed by atoms with Crippen LogP contribution < -0.4 is 10.6 Å². The van der Waals surface area contributed by atoms with Gasteiger partial charge in [0.05, 0.1) is 5.56 Å². The Morgan fingerprint density at radius 1 is 1.05 bits per heavy atom. The minimum atomic E-state index is -4.51. The Morgan fingerprint density at radius 2 is 1.68 bits per heavy atom. The number of urea groups is 1. The number of amides is 2. The number of anilines is 2. The molecule has 2 amide bonds. The molecule has 0 spiro atoms. The van der Waals surface area contributed by atoms with Gasteiger partial charge in [-0.25, -0.2) is 4.79 Å². The van der Waals surface area contributed by atoms with Gasteiger partial charge in [-0.2, -0.15) is 13.2 Å². The van der Waals surface area contributed by atoms with Crippen molar-refractivity contribution in [2.24, 2.45) is 0 Å². The average molecular weight is 394 g/mol. The molecule has 22 heavy (non-hydrogen) atoms. The molecule has 0 aliphatic rings. The highest BCUT2D eigenvalue weighted by Crippen LogP contribution is 2.36. The van der Waals surface area contributed by atoms with Crippen LogP contribution in [0.15, 0.2) is 46.9 Å². The third-order valence-electron chi connectivity index (χ3n) is 2.61. The van der Waals surface area contributed by atoms with E-state index in [1.54, 1.807) is 18.2 Å². The second-order valence-electron chi connectivity index (χ2n) is 4.28. The molecule has 0 aliphatic heterocycles. The molecular weight excluding hydrogens is 385 g/mol. The van der Waals surface area contributed by atoms with Crippen molar-refractivity contribution in [1.29, 1.82) is 0 Å². The highest BCUT2D eigenvalue weighted by molar-refractivity contribution is 9.10. The monoisotopic (exact) mass is 392 g/mol. The number of nitrogens with one attached hydrogen (secondary N) is 2. The molecule has 2 aromatic rings. The Morgan fingerprint density at radius 3 is 2.27 bits per heavy atom. The second kappa shape index (κ2) is 6.58. The van der Waals surface area contributed by atoms with E-state index in [2.05, 4.69) is 26.6 Å². The molecule has 2 N–H and O–H groups in total. The normalized spacial score (nSPS) is 11.1. The number of hydrogen-bond donors (Lipinski definition) is 2. The van der Waals surface area contributed by atoms with Crippen molar-refractivity contribution >= 4 is 44.9 Å². The van der Waals surface area contributed by atoms with Crippen molar-refractivity contribution in [3.8, 4) is 0 Å². The van der Waals surface area contributed by atoms with Gasteiger partial charge in [0.25, 0.3) is 0 Å². The summed E-state index contributed by atoms with van der Waals surface area (Å²) in [5.41, 5.74) is -0.415. The van der Waals surface area contributed by atoms with Crippen LogP contribution in [0.3, 0.4) is 0 Å². The lowest BCUT2D eigenvalue weighted by molar-refractivity contribution is -0.138. The zero-order valence-corrected chi connectivity index (χ0v) is 13.2. The summed E-state index contributed by atoms with van der Waals surface area (Å²) in [6.45, 7) is 0. The number of hydrogen-bond acceptors (Lipinski definition) is 1. The lowest BCUT2D eigenvalue weighted by Crippen LogP contribution is -2.19. The molecule has 0 saturated heterocycles. The molecule has 0 unspecified atom stereocenters. The van der Waals surface area contributed by atoms with Crippen LogP contribution >= 0.6 is 27.5 Å². The van der Waals surface area contributed by atoms with Crippen molar-refractivity contribution in [1.82, 2.24) is 0 Å². The first-order chi connectivity index (χ1) is 10.3. The van der Waals surface area contributed by atoms with Crippen molar-refractivity contribution in [3.05, 3.63) is 57.5 Å². The van der Waals surface area contributed by atoms with Crippen molar-refractivity contribution < 1.29 is 18.0 Å². The Hall–Kier alpha value is -1.73. The van der Waals surface area contributed by atoms with E-state index in [0.717, 1.165) is 6.07 Å². The first kappa shape index (κ1) is 16.6. The summed E-state index contributed by atoms with van der Waals surface area (Å²) in [5, 5.41) is 5.24. The molecule has 0 aromatic heterocycles. The number of carbonyl (C=O) groups is 1. The molecule has 2 rings (SSSR count). The maximum atomic E-state index is 12.8. The van der Waals surface area contributed by atoms with E-state index in [1.807, 2.05) is 0 Å². The molecule has 0 bridgehead atoms. The van der Waals surface area contributed by atoms with Gasteiger partial charge < -0.3 is 10.6 Å². The highest BCUT2D eigenvalue weighted by Gasteiger charge is 2.33. The predicted molar refractivity (Wildman–Crippen MR) is 83.2 cm³/mol. The van der Waals surface area contributed by atoms with E-state index in [0.29, 0.717) is 10.7 Å². The fraction of sp³-hybridized carbons (Fsp3) is 0.0714. The summed E-state index contributed by atoms with van der Waals surface area (Å²) >= 11 is 8.61. The van der Waals surface area contributed by atoms with Crippen LogP contribution in [0, 0.1) is 0 Å². The van der Waals surface area contributed by atoms with Crippen molar-refractivity contribution in [3.63, 3.8) is 0 Å². The van der Waals surface area contributed by atoms with Crippen LogP contribution in [0.5, 0.6) is 0 Å². The van der Waals surface area contributed by atoms with Gasteiger partial charge >= 0.3 is 12.2 Å². The Balaban J connectivity index is 2.12. The van der Waals surface area contributed by atoms with Gasteiger partial charge in [-0.1, -0.05) is 33.6 Å². The summed E-state index contributed by atoms with van der Waals surface area (Å²) < 4.78 is 38.3. The summed E-state index contributed by atoms with van der Waals surface area (Å²) in [5.74, 6) is 0.